The average molecular weight is 234 g/mol. The third-order valence-corrected chi connectivity index (χ3v) is 2.43. The predicted octanol–water partition coefficient (Wildman–Crippen LogP) is 1.98. The van der Waals surface area contributed by atoms with Crippen molar-refractivity contribution in [3.8, 4) is 11.8 Å². The molecule has 0 heterocycles. The Morgan fingerprint density at radius 2 is 2.18 bits per heavy atom. The Balaban J connectivity index is 2.75. The number of hydrogen-bond acceptors (Lipinski definition) is 2. The van der Waals surface area contributed by atoms with Crippen LogP contribution in [0.15, 0.2) is 18.2 Å². The van der Waals surface area contributed by atoms with Crippen LogP contribution in [0.5, 0.6) is 0 Å². The third-order valence-electron chi connectivity index (χ3n) is 2.43. The highest BCUT2D eigenvalue weighted by Gasteiger charge is 2.05. The zero-order valence-electron chi connectivity index (χ0n) is 10.5. The molecule has 1 rings (SSSR count). The van der Waals surface area contributed by atoms with Crippen LogP contribution >= 0.6 is 0 Å². The molecule has 0 unspecified atom stereocenters. The van der Waals surface area contributed by atoms with Crippen molar-refractivity contribution in [2.45, 2.75) is 19.9 Å². The van der Waals surface area contributed by atoms with Gasteiger partial charge in [-0.2, -0.15) is 0 Å². The predicted molar refractivity (Wildman–Crippen MR) is 69.0 cm³/mol. The van der Waals surface area contributed by atoms with Crippen LogP contribution in [0.25, 0.3) is 0 Å². The molecule has 17 heavy (non-hydrogen) atoms. The lowest BCUT2D eigenvalue weighted by Crippen LogP contribution is -2.19. The van der Waals surface area contributed by atoms with Gasteiger partial charge in [-0.05, 0) is 32.1 Å². The normalized spacial score (nSPS) is 10.2. The number of rotatable bonds is 4. The van der Waals surface area contributed by atoms with E-state index < -0.39 is 0 Å². The number of halogens is 1. The van der Waals surface area contributed by atoms with Crippen molar-refractivity contribution in [2.24, 2.45) is 5.73 Å². The molecule has 3 heteroatoms. The summed E-state index contributed by atoms with van der Waals surface area (Å²) in [5.74, 6) is 5.34. The summed E-state index contributed by atoms with van der Waals surface area (Å²) >= 11 is 0. The first-order valence-corrected chi connectivity index (χ1v) is 5.83. The second-order valence-corrected chi connectivity index (χ2v) is 4.05. The smallest absolute Gasteiger partial charge is 0.128 e. The fraction of sp³-hybridized carbons (Fsp3) is 0.429. The molecule has 0 fully saturated rings. The first kappa shape index (κ1) is 13.7. The first-order chi connectivity index (χ1) is 8.17. The Labute approximate surface area is 103 Å². The van der Waals surface area contributed by atoms with Crippen LogP contribution < -0.4 is 5.73 Å². The summed E-state index contributed by atoms with van der Waals surface area (Å²) in [7, 11) is 1.99. The zero-order valence-corrected chi connectivity index (χ0v) is 10.5. The lowest BCUT2D eigenvalue weighted by Gasteiger charge is -2.15. The molecule has 0 saturated carbocycles. The molecule has 0 aromatic heterocycles. The second-order valence-electron chi connectivity index (χ2n) is 4.05. The number of nitrogens with zero attached hydrogens (tertiary/aromatic N) is 1. The fourth-order valence-corrected chi connectivity index (χ4v) is 1.66. The van der Waals surface area contributed by atoms with Crippen molar-refractivity contribution < 1.29 is 4.39 Å². The SMILES string of the molecule is CCCN(C)Cc1ccc(C#CCN)cc1F. The van der Waals surface area contributed by atoms with Crippen LogP contribution in [0.2, 0.25) is 0 Å². The number of nitrogens with two attached hydrogens (primary N) is 1. The highest BCUT2D eigenvalue weighted by atomic mass is 19.1. The van der Waals surface area contributed by atoms with Gasteiger partial charge in [-0.25, -0.2) is 4.39 Å². The lowest BCUT2D eigenvalue weighted by molar-refractivity contribution is 0.322. The van der Waals surface area contributed by atoms with Crippen LogP contribution in [0.4, 0.5) is 4.39 Å². The van der Waals surface area contributed by atoms with E-state index in [0.29, 0.717) is 24.2 Å². The molecular formula is C14H19FN2. The lowest BCUT2D eigenvalue weighted by atomic mass is 10.1. The van der Waals surface area contributed by atoms with Crippen molar-refractivity contribution in [2.75, 3.05) is 20.1 Å². The van der Waals surface area contributed by atoms with Crippen molar-refractivity contribution in [3.63, 3.8) is 0 Å². The number of hydrogen-bond donors (Lipinski definition) is 1. The summed E-state index contributed by atoms with van der Waals surface area (Å²) in [5.41, 5.74) is 6.65. The highest BCUT2D eigenvalue weighted by Crippen LogP contribution is 2.12. The Morgan fingerprint density at radius 3 is 2.76 bits per heavy atom. The molecule has 0 aliphatic heterocycles. The molecule has 1 aromatic carbocycles. The van der Waals surface area contributed by atoms with Gasteiger partial charge >= 0.3 is 0 Å². The van der Waals surface area contributed by atoms with Crippen LogP contribution in [0, 0.1) is 17.7 Å². The van der Waals surface area contributed by atoms with Crippen LogP contribution in [-0.2, 0) is 6.54 Å². The summed E-state index contributed by atoms with van der Waals surface area (Å²) in [4.78, 5) is 2.10. The van der Waals surface area contributed by atoms with Crippen molar-refractivity contribution >= 4 is 0 Å². The second kappa shape index (κ2) is 7.05. The van der Waals surface area contributed by atoms with Gasteiger partial charge in [0.15, 0.2) is 0 Å². The molecule has 0 atom stereocenters. The van der Waals surface area contributed by atoms with Gasteiger partial charge in [0.2, 0.25) is 0 Å². The van der Waals surface area contributed by atoms with Crippen molar-refractivity contribution in [1.82, 2.24) is 4.90 Å². The van der Waals surface area contributed by atoms with Gasteiger partial charge in [0.05, 0.1) is 6.54 Å². The Bertz CT molecular complexity index is 418. The summed E-state index contributed by atoms with van der Waals surface area (Å²) in [5, 5.41) is 0. The summed E-state index contributed by atoms with van der Waals surface area (Å²) in [6.07, 6.45) is 1.07. The van der Waals surface area contributed by atoms with Gasteiger partial charge in [0.1, 0.15) is 5.82 Å². The molecule has 1 aromatic rings. The van der Waals surface area contributed by atoms with Crippen molar-refractivity contribution in [3.05, 3.63) is 35.1 Å². The average Bonchev–Trinajstić information content (AvgIpc) is 2.30. The maximum Gasteiger partial charge on any atom is 0.128 e. The summed E-state index contributed by atoms with van der Waals surface area (Å²) in [6.45, 7) is 4.00. The van der Waals surface area contributed by atoms with Gasteiger partial charge in [0.25, 0.3) is 0 Å². The molecule has 0 bridgehead atoms. The monoisotopic (exact) mass is 234 g/mol. The molecular weight excluding hydrogens is 215 g/mol. The van der Waals surface area contributed by atoms with Gasteiger partial charge in [-0.1, -0.05) is 24.8 Å². The van der Waals surface area contributed by atoms with E-state index in [1.807, 2.05) is 13.1 Å². The van der Waals surface area contributed by atoms with E-state index in [1.54, 1.807) is 6.07 Å². The van der Waals surface area contributed by atoms with E-state index in [0.717, 1.165) is 13.0 Å². The standard InChI is InChI=1S/C14H19FN2/c1-3-9-17(2)11-13-7-6-12(5-4-8-16)10-14(13)15/h6-7,10H,3,8-9,11,16H2,1-2H3. The Morgan fingerprint density at radius 1 is 1.41 bits per heavy atom. The van der Waals surface area contributed by atoms with Crippen molar-refractivity contribution in [1.29, 1.82) is 0 Å². The summed E-state index contributed by atoms with van der Waals surface area (Å²) < 4.78 is 13.8. The molecule has 0 amide bonds. The molecule has 0 aliphatic carbocycles. The number of benzene rings is 1. The van der Waals surface area contributed by atoms with E-state index in [2.05, 4.69) is 23.7 Å². The fourth-order valence-electron chi connectivity index (χ4n) is 1.66. The van der Waals surface area contributed by atoms with E-state index in [-0.39, 0.29) is 5.82 Å². The Hall–Kier alpha value is -1.37. The third kappa shape index (κ3) is 4.56. The van der Waals surface area contributed by atoms with E-state index in [9.17, 15) is 4.39 Å². The van der Waals surface area contributed by atoms with Crippen LogP contribution in [0.1, 0.15) is 24.5 Å². The van der Waals surface area contributed by atoms with E-state index in [1.165, 1.54) is 6.07 Å². The van der Waals surface area contributed by atoms with Crippen LogP contribution in [-0.4, -0.2) is 25.0 Å². The molecule has 0 radical (unpaired) electrons. The molecule has 0 spiro atoms. The van der Waals surface area contributed by atoms with E-state index >= 15 is 0 Å². The molecule has 0 saturated heterocycles. The molecule has 2 N–H and O–H groups in total. The van der Waals surface area contributed by atoms with Gasteiger partial charge in [-0.15, -0.1) is 0 Å². The minimum Gasteiger partial charge on any atom is -0.320 e. The van der Waals surface area contributed by atoms with Gasteiger partial charge < -0.3 is 10.6 Å². The van der Waals surface area contributed by atoms with Gasteiger partial charge in [-0.3, -0.25) is 0 Å². The maximum absolute atomic E-state index is 13.8. The quantitative estimate of drug-likeness (QED) is 0.807. The minimum atomic E-state index is -0.197. The maximum atomic E-state index is 13.8. The summed E-state index contributed by atoms with van der Waals surface area (Å²) in [6, 6.07) is 5.10. The molecule has 92 valence electrons. The molecule has 2 nitrogen and oxygen atoms in total. The zero-order chi connectivity index (χ0) is 12.7. The largest absolute Gasteiger partial charge is 0.320 e. The highest BCUT2D eigenvalue weighted by molar-refractivity contribution is 5.37. The first-order valence-electron chi connectivity index (χ1n) is 5.83. The molecule has 0 aliphatic rings. The Kier molecular flexibility index (Phi) is 5.68. The van der Waals surface area contributed by atoms with Gasteiger partial charge in [0, 0.05) is 17.7 Å². The van der Waals surface area contributed by atoms with E-state index in [4.69, 9.17) is 5.73 Å². The van der Waals surface area contributed by atoms with Crippen LogP contribution in [0.3, 0.4) is 0 Å². The minimum absolute atomic E-state index is 0.197. The topological polar surface area (TPSA) is 29.3 Å².